The Kier molecular flexibility index (Phi) is 2.42. The topological polar surface area (TPSA) is 62.3 Å². The summed E-state index contributed by atoms with van der Waals surface area (Å²) in [6.45, 7) is 3.20. The fraction of sp³-hybridized carbons (Fsp3) is 0.400. The van der Waals surface area contributed by atoms with Crippen LogP contribution in [0.1, 0.15) is 24.7 Å². The second-order valence-electron chi connectivity index (χ2n) is 5.35. The van der Waals surface area contributed by atoms with Crippen LogP contribution in [0.5, 0.6) is 11.5 Å². The Morgan fingerprint density at radius 3 is 2.70 bits per heavy atom. The summed E-state index contributed by atoms with van der Waals surface area (Å²) >= 11 is 0. The molecule has 1 aromatic carbocycles. The number of rotatable bonds is 2. The van der Waals surface area contributed by atoms with E-state index in [4.69, 9.17) is 15.2 Å². The summed E-state index contributed by atoms with van der Waals surface area (Å²) in [5, 5.41) is 0. The van der Waals surface area contributed by atoms with E-state index in [1.165, 1.54) is 12.8 Å². The summed E-state index contributed by atoms with van der Waals surface area (Å²) in [4.78, 5) is 4.63. The fourth-order valence-electron chi connectivity index (χ4n) is 2.76. The van der Waals surface area contributed by atoms with Crippen LogP contribution in [0.15, 0.2) is 18.2 Å². The predicted molar refractivity (Wildman–Crippen MR) is 76.1 cm³/mol. The number of hydrogen-bond acceptors (Lipinski definition) is 4. The van der Waals surface area contributed by atoms with E-state index in [1.54, 1.807) is 0 Å². The summed E-state index contributed by atoms with van der Waals surface area (Å²) in [7, 11) is 0. The van der Waals surface area contributed by atoms with Crippen LogP contribution in [0.4, 0.5) is 5.82 Å². The van der Waals surface area contributed by atoms with Gasteiger partial charge in [-0.05, 0) is 38.0 Å². The van der Waals surface area contributed by atoms with E-state index in [0.717, 1.165) is 34.4 Å². The zero-order chi connectivity index (χ0) is 13.7. The molecule has 1 aliphatic carbocycles. The molecule has 0 atom stereocenters. The third-order valence-electron chi connectivity index (χ3n) is 3.85. The molecule has 20 heavy (non-hydrogen) atoms. The van der Waals surface area contributed by atoms with Crippen LogP contribution in [-0.4, -0.2) is 22.8 Å². The van der Waals surface area contributed by atoms with Crippen LogP contribution in [0, 0.1) is 6.92 Å². The normalized spacial score (nSPS) is 17.2. The minimum absolute atomic E-state index is 0.536. The van der Waals surface area contributed by atoms with Crippen molar-refractivity contribution >= 4 is 5.82 Å². The fourth-order valence-corrected chi connectivity index (χ4v) is 2.76. The van der Waals surface area contributed by atoms with Gasteiger partial charge in [0, 0.05) is 11.6 Å². The highest BCUT2D eigenvalue weighted by molar-refractivity contribution is 5.73. The molecule has 1 saturated carbocycles. The lowest BCUT2D eigenvalue weighted by atomic mass is 10.1. The maximum absolute atomic E-state index is 6.28. The molecule has 5 heteroatoms. The van der Waals surface area contributed by atoms with E-state index >= 15 is 0 Å². The molecule has 2 heterocycles. The van der Waals surface area contributed by atoms with Gasteiger partial charge >= 0.3 is 0 Å². The average Bonchev–Trinajstić information content (AvgIpc) is 3.24. The summed E-state index contributed by atoms with van der Waals surface area (Å²) in [5.41, 5.74) is 8.10. The molecule has 2 N–H and O–H groups in total. The molecule has 1 aliphatic heterocycles. The van der Waals surface area contributed by atoms with Gasteiger partial charge in [0.15, 0.2) is 11.5 Å². The van der Waals surface area contributed by atoms with Gasteiger partial charge in [0.2, 0.25) is 0 Å². The first-order valence-electron chi connectivity index (χ1n) is 6.98. The summed E-state index contributed by atoms with van der Waals surface area (Å²) in [6, 6.07) is 6.41. The second kappa shape index (κ2) is 4.16. The lowest BCUT2D eigenvalue weighted by Gasteiger charge is -2.18. The molecular formula is C15H17N3O2. The first-order chi connectivity index (χ1) is 9.74. The molecule has 0 saturated heterocycles. The van der Waals surface area contributed by atoms with Crippen molar-refractivity contribution in [2.45, 2.75) is 25.8 Å². The van der Waals surface area contributed by atoms with Crippen LogP contribution >= 0.6 is 0 Å². The number of aryl methyl sites for hydroxylation is 1. The Morgan fingerprint density at radius 2 is 1.95 bits per heavy atom. The summed E-state index contributed by atoms with van der Waals surface area (Å²) < 4.78 is 13.3. The van der Waals surface area contributed by atoms with E-state index in [0.29, 0.717) is 19.3 Å². The molecule has 104 valence electrons. The number of fused-ring (bicyclic) bond motifs is 1. The highest BCUT2D eigenvalue weighted by Crippen LogP contribution is 2.42. The lowest BCUT2D eigenvalue weighted by Crippen LogP contribution is -2.15. The van der Waals surface area contributed by atoms with E-state index in [9.17, 15) is 0 Å². The molecule has 4 rings (SSSR count). The molecule has 0 radical (unpaired) electrons. The minimum Gasteiger partial charge on any atom is -0.486 e. The largest absolute Gasteiger partial charge is 0.486 e. The van der Waals surface area contributed by atoms with Crippen molar-refractivity contribution in [3.05, 3.63) is 24.0 Å². The van der Waals surface area contributed by atoms with Crippen molar-refractivity contribution in [1.82, 2.24) is 9.55 Å². The SMILES string of the molecule is Cc1nc(-c2ccc3c(c2)OCCO3)c(N)n1C1CC1. The van der Waals surface area contributed by atoms with Gasteiger partial charge in [-0.3, -0.25) is 0 Å². The molecule has 0 amide bonds. The monoisotopic (exact) mass is 271 g/mol. The Balaban J connectivity index is 1.79. The van der Waals surface area contributed by atoms with E-state index in [-0.39, 0.29) is 0 Å². The summed E-state index contributed by atoms with van der Waals surface area (Å²) in [5.74, 6) is 3.29. The first-order valence-corrected chi connectivity index (χ1v) is 6.98. The van der Waals surface area contributed by atoms with Gasteiger partial charge in [-0.1, -0.05) is 0 Å². The Labute approximate surface area is 117 Å². The number of ether oxygens (including phenoxy) is 2. The van der Waals surface area contributed by atoms with Crippen LogP contribution in [0.3, 0.4) is 0 Å². The number of nitrogen functional groups attached to an aromatic ring is 1. The van der Waals surface area contributed by atoms with Crippen molar-refractivity contribution < 1.29 is 9.47 Å². The predicted octanol–water partition coefficient (Wildman–Crippen LogP) is 2.55. The summed E-state index contributed by atoms with van der Waals surface area (Å²) in [6.07, 6.45) is 2.39. The Bertz CT molecular complexity index is 674. The van der Waals surface area contributed by atoms with Gasteiger partial charge in [-0.2, -0.15) is 0 Å². The van der Waals surface area contributed by atoms with Gasteiger partial charge in [-0.25, -0.2) is 4.98 Å². The highest BCUT2D eigenvalue weighted by atomic mass is 16.6. The highest BCUT2D eigenvalue weighted by Gasteiger charge is 2.29. The first kappa shape index (κ1) is 11.6. The number of nitrogens with two attached hydrogens (primary N) is 1. The molecule has 1 fully saturated rings. The Hall–Kier alpha value is -2.17. The molecule has 0 bridgehead atoms. The number of aromatic nitrogens is 2. The molecule has 0 unspecified atom stereocenters. The number of anilines is 1. The Morgan fingerprint density at radius 1 is 1.20 bits per heavy atom. The third kappa shape index (κ3) is 1.73. The van der Waals surface area contributed by atoms with Crippen LogP contribution in [0.2, 0.25) is 0 Å². The molecule has 5 nitrogen and oxygen atoms in total. The van der Waals surface area contributed by atoms with Gasteiger partial charge in [0.1, 0.15) is 30.5 Å². The van der Waals surface area contributed by atoms with Gasteiger partial charge in [-0.15, -0.1) is 0 Å². The minimum atomic E-state index is 0.536. The van der Waals surface area contributed by atoms with Gasteiger partial charge in [0.05, 0.1) is 0 Å². The van der Waals surface area contributed by atoms with Crippen molar-refractivity contribution in [3.8, 4) is 22.8 Å². The molecule has 2 aromatic rings. The van der Waals surface area contributed by atoms with Crippen molar-refractivity contribution in [1.29, 1.82) is 0 Å². The maximum atomic E-state index is 6.28. The smallest absolute Gasteiger partial charge is 0.162 e. The zero-order valence-electron chi connectivity index (χ0n) is 11.4. The number of imidazole rings is 1. The number of hydrogen-bond donors (Lipinski definition) is 1. The molecular weight excluding hydrogens is 254 g/mol. The van der Waals surface area contributed by atoms with Crippen molar-refractivity contribution in [2.75, 3.05) is 18.9 Å². The maximum Gasteiger partial charge on any atom is 0.162 e. The molecule has 0 spiro atoms. The zero-order valence-corrected chi connectivity index (χ0v) is 11.4. The molecule has 2 aliphatic rings. The number of benzene rings is 1. The van der Waals surface area contributed by atoms with Crippen LogP contribution < -0.4 is 15.2 Å². The van der Waals surface area contributed by atoms with E-state index in [1.807, 2.05) is 25.1 Å². The average molecular weight is 271 g/mol. The van der Waals surface area contributed by atoms with Crippen LogP contribution in [0.25, 0.3) is 11.3 Å². The van der Waals surface area contributed by atoms with E-state index in [2.05, 4.69) is 9.55 Å². The van der Waals surface area contributed by atoms with E-state index < -0.39 is 0 Å². The van der Waals surface area contributed by atoms with Gasteiger partial charge in [0.25, 0.3) is 0 Å². The third-order valence-corrected chi connectivity index (χ3v) is 3.85. The quantitative estimate of drug-likeness (QED) is 0.911. The standard InChI is InChI=1S/C15H17N3O2/c1-9-17-14(15(16)18(9)11-3-4-11)10-2-5-12-13(8-10)20-7-6-19-12/h2,5,8,11H,3-4,6-7,16H2,1H3. The van der Waals surface area contributed by atoms with Gasteiger partial charge < -0.3 is 19.8 Å². The molecule has 1 aromatic heterocycles. The van der Waals surface area contributed by atoms with Crippen LogP contribution in [-0.2, 0) is 0 Å². The second-order valence-corrected chi connectivity index (χ2v) is 5.35. The van der Waals surface area contributed by atoms with Crippen molar-refractivity contribution in [3.63, 3.8) is 0 Å². The lowest BCUT2D eigenvalue weighted by molar-refractivity contribution is 0.171. The number of nitrogens with zero attached hydrogens (tertiary/aromatic N) is 2. The van der Waals surface area contributed by atoms with Crippen molar-refractivity contribution in [2.24, 2.45) is 0 Å².